The van der Waals surface area contributed by atoms with Crippen molar-refractivity contribution >= 4 is 11.8 Å². The van der Waals surface area contributed by atoms with Gasteiger partial charge in [-0.1, -0.05) is 20.8 Å². The molecule has 0 aromatic heterocycles. The van der Waals surface area contributed by atoms with Gasteiger partial charge in [0.15, 0.2) is 0 Å². The second kappa shape index (κ2) is 10.2. The molecule has 4 heteroatoms. The second-order valence-corrected chi connectivity index (χ2v) is 5.77. The summed E-state index contributed by atoms with van der Waals surface area (Å²) in [7, 11) is 4.00. The molecular formula is C13H30N2OS. The van der Waals surface area contributed by atoms with E-state index >= 15 is 0 Å². The summed E-state index contributed by atoms with van der Waals surface area (Å²) in [4.78, 5) is 2.47. The van der Waals surface area contributed by atoms with E-state index in [4.69, 9.17) is 4.74 Å². The van der Waals surface area contributed by atoms with E-state index < -0.39 is 0 Å². The number of methoxy groups -OCH3 is 1. The summed E-state index contributed by atoms with van der Waals surface area (Å²) in [6, 6.07) is 1.63. The molecule has 3 nitrogen and oxygen atoms in total. The van der Waals surface area contributed by atoms with Gasteiger partial charge in [0, 0.05) is 37.5 Å². The zero-order chi connectivity index (χ0) is 13.3. The third-order valence-electron chi connectivity index (χ3n) is 3.10. The van der Waals surface area contributed by atoms with Gasteiger partial charge in [-0.05, 0) is 19.7 Å². The average Bonchev–Trinajstić information content (AvgIpc) is 2.30. The molecule has 0 radical (unpaired) electrons. The lowest BCUT2D eigenvalue weighted by Gasteiger charge is -2.34. The predicted molar refractivity (Wildman–Crippen MR) is 79.0 cm³/mol. The highest BCUT2D eigenvalue weighted by Crippen LogP contribution is 2.11. The van der Waals surface area contributed by atoms with Crippen LogP contribution in [0.25, 0.3) is 0 Å². The van der Waals surface area contributed by atoms with E-state index in [1.807, 2.05) is 11.8 Å². The Morgan fingerprint density at radius 2 is 1.94 bits per heavy atom. The van der Waals surface area contributed by atoms with Gasteiger partial charge < -0.3 is 10.1 Å². The minimum absolute atomic E-state index is 0.458. The van der Waals surface area contributed by atoms with Gasteiger partial charge in [0.1, 0.15) is 0 Å². The standard InChI is InChI=1S/C13H30N2OS/c1-7-12(10-17-6)15(4)13(9-16-5)8-14-11(2)3/h11-14H,7-10H2,1-6H3. The normalized spacial score (nSPS) is 15.5. The molecule has 0 bridgehead atoms. The van der Waals surface area contributed by atoms with Crippen molar-refractivity contribution < 1.29 is 4.74 Å². The van der Waals surface area contributed by atoms with Gasteiger partial charge in [-0.15, -0.1) is 0 Å². The highest BCUT2D eigenvalue weighted by atomic mass is 32.2. The zero-order valence-corrected chi connectivity index (χ0v) is 13.1. The largest absolute Gasteiger partial charge is 0.383 e. The molecule has 0 saturated carbocycles. The Balaban J connectivity index is 4.32. The maximum Gasteiger partial charge on any atom is 0.0630 e. The van der Waals surface area contributed by atoms with Crippen molar-refractivity contribution in [2.24, 2.45) is 0 Å². The first-order valence-electron chi connectivity index (χ1n) is 6.49. The SMILES string of the molecule is CCC(CSC)N(C)C(CNC(C)C)COC. The third kappa shape index (κ3) is 7.29. The van der Waals surface area contributed by atoms with E-state index in [2.05, 4.69) is 44.3 Å². The Bertz CT molecular complexity index is 179. The molecule has 0 aliphatic rings. The molecule has 0 rings (SSSR count). The fraction of sp³-hybridized carbons (Fsp3) is 1.00. The predicted octanol–water partition coefficient (Wildman–Crippen LogP) is 2.07. The molecule has 0 aliphatic carbocycles. The fourth-order valence-corrected chi connectivity index (χ4v) is 2.75. The maximum atomic E-state index is 5.34. The number of hydrogen-bond acceptors (Lipinski definition) is 4. The van der Waals surface area contributed by atoms with Crippen LogP contribution in [0.5, 0.6) is 0 Å². The topological polar surface area (TPSA) is 24.5 Å². The monoisotopic (exact) mass is 262 g/mol. The van der Waals surface area contributed by atoms with Gasteiger partial charge in [0.25, 0.3) is 0 Å². The van der Waals surface area contributed by atoms with E-state index in [1.165, 1.54) is 12.2 Å². The molecule has 0 saturated heterocycles. The summed E-state index contributed by atoms with van der Waals surface area (Å²) >= 11 is 1.92. The van der Waals surface area contributed by atoms with Crippen LogP contribution in [0.15, 0.2) is 0 Å². The van der Waals surface area contributed by atoms with Crippen LogP contribution < -0.4 is 5.32 Å². The fourth-order valence-electron chi connectivity index (χ4n) is 1.90. The summed E-state index contributed by atoms with van der Waals surface area (Å²) in [6.07, 6.45) is 3.37. The lowest BCUT2D eigenvalue weighted by Crippen LogP contribution is -2.49. The van der Waals surface area contributed by atoms with Crippen LogP contribution in [-0.4, -0.2) is 62.3 Å². The number of hydrogen-bond donors (Lipinski definition) is 1. The summed E-state index contributed by atoms with van der Waals surface area (Å²) in [5, 5.41) is 3.50. The molecule has 0 fully saturated rings. The third-order valence-corrected chi connectivity index (χ3v) is 3.82. The molecule has 2 atom stereocenters. The van der Waals surface area contributed by atoms with Crippen LogP contribution in [0.3, 0.4) is 0 Å². The minimum Gasteiger partial charge on any atom is -0.383 e. The number of rotatable bonds is 10. The van der Waals surface area contributed by atoms with E-state index in [0.29, 0.717) is 18.1 Å². The average molecular weight is 262 g/mol. The minimum atomic E-state index is 0.458. The molecule has 2 unspecified atom stereocenters. The number of likely N-dealkylation sites (N-methyl/N-ethyl adjacent to an activating group) is 1. The van der Waals surface area contributed by atoms with Crippen LogP contribution in [0.2, 0.25) is 0 Å². The number of nitrogens with zero attached hydrogens (tertiary/aromatic N) is 1. The molecule has 1 N–H and O–H groups in total. The molecule has 104 valence electrons. The van der Waals surface area contributed by atoms with Gasteiger partial charge in [0.2, 0.25) is 0 Å². The van der Waals surface area contributed by atoms with Crippen LogP contribution >= 0.6 is 11.8 Å². The molecule has 0 amide bonds. The van der Waals surface area contributed by atoms with Crippen LogP contribution in [-0.2, 0) is 4.74 Å². The molecule has 0 aromatic carbocycles. The van der Waals surface area contributed by atoms with Crippen molar-refractivity contribution in [1.82, 2.24) is 10.2 Å². The smallest absolute Gasteiger partial charge is 0.0630 e. The molecule has 0 aliphatic heterocycles. The van der Waals surface area contributed by atoms with Crippen molar-refractivity contribution in [2.45, 2.75) is 45.3 Å². The Kier molecular flexibility index (Phi) is 10.3. The first kappa shape index (κ1) is 17.2. The first-order chi connectivity index (χ1) is 8.06. The highest BCUT2D eigenvalue weighted by Gasteiger charge is 2.21. The van der Waals surface area contributed by atoms with Gasteiger partial charge in [-0.25, -0.2) is 0 Å². The van der Waals surface area contributed by atoms with Crippen molar-refractivity contribution in [1.29, 1.82) is 0 Å². The highest BCUT2D eigenvalue weighted by molar-refractivity contribution is 7.98. The van der Waals surface area contributed by atoms with E-state index in [0.717, 1.165) is 13.2 Å². The lowest BCUT2D eigenvalue weighted by atomic mass is 10.1. The quantitative estimate of drug-likeness (QED) is 0.651. The van der Waals surface area contributed by atoms with Crippen LogP contribution in [0, 0.1) is 0 Å². The summed E-state index contributed by atoms with van der Waals surface area (Å²) in [5.41, 5.74) is 0. The Hall–Kier alpha value is 0.230. The Labute approximate surface area is 112 Å². The molecular weight excluding hydrogens is 232 g/mol. The summed E-state index contributed by atoms with van der Waals surface area (Å²) < 4.78 is 5.34. The summed E-state index contributed by atoms with van der Waals surface area (Å²) in [5.74, 6) is 1.19. The van der Waals surface area contributed by atoms with E-state index in [-0.39, 0.29) is 0 Å². The van der Waals surface area contributed by atoms with Gasteiger partial charge >= 0.3 is 0 Å². The van der Waals surface area contributed by atoms with Crippen molar-refractivity contribution in [3.05, 3.63) is 0 Å². The maximum absolute atomic E-state index is 5.34. The number of thioether (sulfide) groups is 1. The molecule has 0 spiro atoms. The van der Waals surface area contributed by atoms with Crippen molar-refractivity contribution in [3.63, 3.8) is 0 Å². The summed E-state index contributed by atoms with van der Waals surface area (Å²) in [6.45, 7) is 8.41. The van der Waals surface area contributed by atoms with Crippen molar-refractivity contribution in [3.8, 4) is 0 Å². The van der Waals surface area contributed by atoms with Crippen LogP contribution in [0.1, 0.15) is 27.2 Å². The van der Waals surface area contributed by atoms with Gasteiger partial charge in [-0.2, -0.15) is 11.8 Å². The van der Waals surface area contributed by atoms with Crippen LogP contribution in [0.4, 0.5) is 0 Å². The zero-order valence-electron chi connectivity index (χ0n) is 12.3. The number of nitrogens with one attached hydrogen (secondary N) is 1. The second-order valence-electron chi connectivity index (χ2n) is 4.85. The Morgan fingerprint density at radius 1 is 1.29 bits per heavy atom. The first-order valence-corrected chi connectivity index (χ1v) is 7.89. The van der Waals surface area contributed by atoms with Gasteiger partial charge in [0.05, 0.1) is 6.61 Å². The van der Waals surface area contributed by atoms with Gasteiger partial charge in [-0.3, -0.25) is 4.90 Å². The molecule has 0 aromatic rings. The number of ether oxygens (including phenoxy) is 1. The Morgan fingerprint density at radius 3 is 2.35 bits per heavy atom. The molecule has 0 heterocycles. The van der Waals surface area contributed by atoms with E-state index in [1.54, 1.807) is 7.11 Å². The molecule has 17 heavy (non-hydrogen) atoms. The lowest BCUT2D eigenvalue weighted by molar-refractivity contribution is 0.0828. The van der Waals surface area contributed by atoms with Crippen molar-refractivity contribution in [2.75, 3.05) is 39.3 Å². The van der Waals surface area contributed by atoms with E-state index in [9.17, 15) is 0 Å².